The third-order valence-corrected chi connectivity index (χ3v) is 6.26. The summed E-state index contributed by atoms with van der Waals surface area (Å²) in [6, 6.07) is 18.4. The van der Waals surface area contributed by atoms with Crippen LogP contribution in [0.3, 0.4) is 0 Å². The fourth-order valence-electron chi connectivity index (χ4n) is 3.74. The molecule has 0 bridgehead atoms. The lowest BCUT2D eigenvalue weighted by Gasteiger charge is -2.14. The molecule has 3 heterocycles. The van der Waals surface area contributed by atoms with Crippen LogP contribution in [-0.2, 0) is 5.41 Å². The smallest absolute Gasteiger partial charge is 0.324 e. The van der Waals surface area contributed by atoms with Gasteiger partial charge >= 0.3 is 6.03 Å². The standard InChI is InChI=1S/C28H24FIN6O2/c1-28(2,3)24-16-26(36(35-24)18-6-8-22-17(13-18)5-4-11-31-22)34-27(37)33-23-9-7-19(14-21(23)29)38-20-10-12-32-25(30)15-20/h4-16H,1-3H3,(H2,33,34,37). The molecule has 8 nitrogen and oxygen atoms in total. The largest absolute Gasteiger partial charge is 0.457 e. The summed E-state index contributed by atoms with van der Waals surface area (Å²) in [6.07, 6.45) is 3.35. The first-order chi connectivity index (χ1) is 18.2. The van der Waals surface area contributed by atoms with Crippen molar-refractivity contribution in [3.05, 3.63) is 94.3 Å². The van der Waals surface area contributed by atoms with Crippen molar-refractivity contribution in [3.8, 4) is 17.2 Å². The summed E-state index contributed by atoms with van der Waals surface area (Å²) in [6.45, 7) is 6.12. The molecule has 0 saturated carbocycles. The second-order valence-electron chi connectivity index (χ2n) is 9.59. The average molecular weight is 622 g/mol. The summed E-state index contributed by atoms with van der Waals surface area (Å²) in [7, 11) is 0. The molecule has 2 N–H and O–H groups in total. The Hall–Kier alpha value is -4.06. The molecule has 3 aromatic heterocycles. The number of benzene rings is 2. The van der Waals surface area contributed by atoms with Crippen molar-refractivity contribution < 1.29 is 13.9 Å². The quantitative estimate of drug-likeness (QED) is 0.159. The number of fused-ring (bicyclic) bond motifs is 1. The van der Waals surface area contributed by atoms with Crippen molar-refractivity contribution in [2.45, 2.75) is 26.2 Å². The first-order valence-corrected chi connectivity index (χ1v) is 12.9. The predicted octanol–water partition coefficient (Wildman–Crippen LogP) is 7.29. The number of carbonyl (C=O) groups excluding carboxylic acids is 1. The van der Waals surface area contributed by atoms with E-state index in [0.717, 1.165) is 26.0 Å². The highest BCUT2D eigenvalue weighted by Gasteiger charge is 2.22. The molecule has 5 aromatic rings. The topological polar surface area (TPSA) is 94.0 Å². The van der Waals surface area contributed by atoms with Crippen molar-refractivity contribution in [1.29, 1.82) is 0 Å². The Morgan fingerprint density at radius 3 is 2.53 bits per heavy atom. The number of pyridine rings is 2. The molecule has 0 aliphatic heterocycles. The molecular weight excluding hydrogens is 598 g/mol. The van der Waals surface area contributed by atoms with Gasteiger partial charge in [-0.1, -0.05) is 26.8 Å². The van der Waals surface area contributed by atoms with Crippen LogP contribution in [0.1, 0.15) is 26.5 Å². The third kappa shape index (κ3) is 5.75. The van der Waals surface area contributed by atoms with Crippen LogP contribution in [0.2, 0.25) is 0 Å². The second-order valence-corrected chi connectivity index (χ2v) is 10.7. The number of rotatable bonds is 5. The minimum Gasteiger partial charge on any atom is -0.457 e. The third-order valence-electron chi connectivity index (χ3n) is 5.67. The van der Waals surface area contributed by atoms with Gasteiger partial charge in [0.2, 0.25) is 0 Å². The van der Waals surface area contributed by atoms with E-state index in [1.165, 1.54) is 12.1 Å². The molecule has 0 saturated heterocycles. The van der Waals surface area contributed by atoms with Crippen LogP contribution in [0, 0.1) is 9.52 Å². The zero-order chi connectivity index (χ0) is 26.9. The normalized spacial score (nSPS) is 11.4. The van der Waals surface area contributed by atoms with Crippen LogP contribution in [0.4, 0.5) is 20.7 Å². The number of urea groups is 1. The number of aromatic nitrogens is 4. The molecule has 0 spiro atoms. The van der Waals surface area contributed by atoms with Crippen molar-refractivity contribution in [2.24, 2.45) is 0 Å². The fraction of sp³-hybridized carbons (Fsp3) is 0.143. The number of nitrogens with one attached hydrogen (secondary N) is 2. The van der Waals surface area contributed by atoms with Crippen LogP contribution in [-0.4, -0.2) is 25.8 Å². The lowest BCUT2D eigenvalue weighted by molar-refractivity contribution is 0.262. The Kier molecular flexibility index (Phi) is 6.98. The molecule has 0 radical (unpaired) electrons. The van der Waals surface area contributed by atoms with Crippen LogP contribution in [0.25, 0.3) is 16.6 Å². The Bertz CT molecular complexity index is 1650. The van der Waals surface area contributed by atoms with Gasteiger partial charge in [-0.25, -0.2) is 13.9 Å². The Balaban J connectivity index is 1.37. The predicted molar refractivity (Wildman–Crippen MR) is 154 cm³/mol. The zero-order valence-corrected chi connectivity index (χ0v) is 23.0. The SMILES string of the molecule is CC(C)(C)c1cc(NC(=O)Nc2ccc(Oc3ccnc(I)c3)cc2F)n(-c2ccc3ncccc3c2)n1. The number of carbonyl (C=O) groups is 1. The molecule has 192 valence electrons. The van der Waals surface area contributed by atoms with Crippen molar-refractivity contribution in [2.75, 3.05) is 10.6 Å². The van der Waals surface area contributed by atoms with Gasteiger partial charge in [0.15, 0.2) is 0 Å². The van der Waals surface area contributed by atoms with Crippen LogP contribution in [0.15, 0.2) is 79.1 Å². The van der Waals surface area contributed by atoms with Gasteiger partial charge in [0.1, 0.15) is 26.8 Å². The highest BCUT2D eigenvalue weighted by Crippen LogP contribution is 2.29. The number of amides is 2. The molecule has 5 rings (SSSR count). The summed E-state index contributed by atoms with van der Waals surface area (Å²) in [5.74, 6) is 0.652. The van der Waals surface area contributed by atoms with Crippen molar-refractivity contribution in [3.63, 3.8) is 0 Å². The molecule has 2 aromatic carbocycles. The van der Waals surface area contributed by atoms with E-state index >= 15 is 0 Å². The number of hydrogen-bond donors (Lipinski definition) is 2. The van der Waals surface area contributed by atoms with Gasteiger partial charge in [-0.3, -0.25) is 15.3 Å². The molecule has 0 fully saturated rings. The first-order valence-electron chi connectivity index (χ1n) is 11.8. The lowest BCUT2D eigenvalue weighted by Crippen LogP contribution is -2.22. The molecule has 0 aliphatic carbocycles. The van der Waals surface area contributed by atoms with Gasteiger partial charge in [0.05, 0.1) is 22.6 Å². The zero-order valence-electron chi connectivity index (χ0n) is 20.9. The summed E-state index contributed by atoms with van der Waals surface area (Å²) in [4.78, 5) is 21.4. The van der Waals surface area contributed by atoms with Crippen LogP contribution < -0.4 is 15.4 Å². The number of halogens is 2. The number of anilines is 2. The van der Waals surface area contributed by atoms with Gasteiger partial charge in [-0.2, -0.15) is 5.10 Å². The lowest BCUT2D eigenvalue weighted by atomic mass is 9.92. The maximum Gasteiger partial charge on any atom is 0.324 e. The summed E-state index contributed by atoms with van der Waals surface area (Å²) >= 11 is 2.07. The van der Waals surface area contributed by atoms with Crippen LogP contribution in [0.5, 0.6) is 11.5 Å². The number of nitrogens with zero attached hydrogens (tertiary/aromatic N) is 4. The summed E-state index contributed by atoms with van der Waals surface area (Å²) in [5, 5.41) is 11.1. The molecule has 0 atom stereocenters. The van der Waals surface area contributed by atoms with E-state index in [9.17, 15) is 9.18 Å². The van der Waals surface area contributed by atoms with Gasteiger partial charge < -0.3 is 10.1 Å². The van der Waals surface area contributed by atoms with Gasteiger partial charge in [-0.15, -0.1) is 0 Å². The minimum atomic E-state index is -0.632. The molecule has 38 heavy (non-hydrogen) atoms. The van der Waals surface area contributed by atoms with Gasteiger partial charge in [-0.05, 0) is 65.1 Å². The maximum atomic E-state index is 14.8. The van der Waals surface area contributed by atoms with Crippen molar-refractivity contribution >= 4 is 51.0 Å². The molecule has 2 amide bonds. The van der Waals surface area contributed by atoms with E-state index < -0.39 is 11.8 Å². The minimum absolute atomic E-state index is 0.0121. The van der Waals surface area contributed by atoms with Crippen LogP contribution >= 0.6 is 22.6 Å². The molecule has 0 aliphatic rings. The van der Waals surface area contributed by atoms with Gasteiger partial charge in [0.25, 0.3) is 0 Å². The maximum absolute atomic E-state index is 14.8. The Morgan fingerprint density at radius 1 is 0.947 bits per heavy atom. The van der Waals surface area contributed by atoms with Crippen molar-refractivity contribution in [1.82, 2.24) is 19.7 Å². The Morgan fingerprint density at radius 2 is 1.76 bits per heavy atom. The van der Waals surface area contributed by atoms with E-state index in [1.807, 2.05) is 57.2 Å². The molecule has 10 heteroatoms. The fourth-order valence-corrected chi connectivity index (χ4v) is 4.21. The van der Waals surface area contributed by atoms with E-state index in [0.29, 0.717) is 17.3 Å². The Labute approximate surface area is 232 Å². The summed E-state index contributed by atoms with van der Waals surface area (Å²) < 4.78 is 22.9. The monoisotopic (exact) mass is 622 g/mol. The first kappa shape index (κ1) is 25.6. The highest BCUT2D eigenvalue weighted by atomic mass is 127. The number of ether oxygens (including phenoxy) is 1. The molecular formula is C28H24FIN6O2. The van der Waals surface area contributed by atoms with E-state index in [4.69, 9.17) is 9.84 Å². The number of hydrogen-bond acceptors (Lipinski definition) is 5. The van der Waals surface area contributed by atoms with E-state index in [-0.39, 0.29) is 11.1 Å². The second kappa shape index (κ2) is 10.4. The van der Waals surface area contributed by atoms with E-state index in [2.05, 4.69) is 43.2 Å². The van der Waals surface area contributed by atoms with E-state index in [1.54, 1.807) is 35.3 Å². The van der Waals surface area contributed by atoms with Gasteiger partial charge in [0, 0.05) is 41.4 Å². The average Bonchev–Trinajstić information content (AvgIpc) is 3.30. The summed E-state index contributed by atoms with van der Waals surface area (Å²) in [5.41, 5.74) is 2.16. The molecule has 0 unspecified atom stereocenters. The highest BCUT2D eigenvalue weighted by molar-refractivity contribution is 14.1.